The lowest BCUT2D eigenvalue weighted by Crippen LogP contribution is -2.31. The lowest BCUT2D eigenvalue weighted by molar-refractivity contribution is -0.0816. The van der Waals surface area contributed by atoms with Gasteiger partial charge in [-0.1, -0.05) is 12.1 Å². The Balaban J connectivity index is 2.24. The van der Waals surface area contributed by atoms with Crippen molar-refractivity contribution in [2.45, 2.75) is 6.18 Å². The molecule has 7 heteroatoms. The molecule has 19 heavy (non-hydrogen) atoms. The van der Waals surface area contributed by atoms with Gasteiger partial charge in [-0.15, -0.1) is 0 Å². The van der Waals surface area contributed by atoms with Gasteiger partial charge in [-0.25, -0.2) is 4.39 Å². The summed E-state index contributed by atoms with van der Waals surface area (Å²) in [7, 11) is 0. The third-order valence-electron chi connectivity index (χ3n) is 2.51. The summed E-state index contributed by atoms with van der Waals surface area (Å²) in [6, 6.07) is 5.74. The van der Waals surface area contributed by atoms with Crippen molar-refractivity contribution in [2.24, 2.45) is 0 Å². The van der Waals surface area contributed by atoms with Crippen LogP contribution in [-0.2, 0) is 0 Å². The molecule has 1 aromatic rings. The molecule has 0 aliphatic carbocycles. The number of alkyl halides is 3. The Labute approximate surface area is 105 Å². The SMILES string of the molecule is O=C1c2ccccc2C(=O)N1C/C(F)=C/C(F)(F)F. The largest absolute Gasteiger partial charge is 0.412 e. The average molecular weight is 273 g/mol. The first kappa shape index (κ1) is 13.3. The van der Waals surface area contributed by atoms with Gasteiger partial charge in [-0.05, 0) is 12.1 Å². The lowest BCUT2D eigenvalue weighted by Gasteiger charge is -2.12. The summed E-state index contributed by atoms with van der Waals surface area (Å²) in [6.45, 7) is -1.02. The van der Waals surface area contributed by atoms with Gasteiger partial charge >= 0.3 is 6.18 Å². The highest BCUT2D eigenvalue weighted by molar-refractivity contribution is 6.21. The first-order valence-corrected chi connectivity index (χ1v) is 5.19. The van der Waals surface area contributed by atoms with Gasteiger partial charge in [0.25, 0.3) is 11.8 Å². The molecule has 100 valence electrons. The van der Waals surface area contributed by atoms with E-state index in [4.69, 9.17) is 0 Å². The molecule has 0 saturated heterocycles. The predicted octanol–water partition coefficient (Wildman–Crippen LogP) is 2.70. The van der Waals surface area contributed by atoms with Crippen LogP contribution in [0.3, 0.4) is 0 Å². The van der Waals surface area contributed by atoms with E-state index in [1.54, 1.807) is 0 Å². The molecular weight excluding hydrogens is 266 g/mol. The minimum absolute atomic E-state index is 0.0623. The molecule has 0 spiro atoms. The first-order chi connectivity index (χ1) is 8.79. The summed E-state index contributed by atoms with van der Waals surface area (Å²) < 4.78 is 48.9. The highest BCUT2D eigenvalue weighted by Gasteiger charge is 2.36. The highest BCUT2D eigenvalue weighted by Crippen LogP contribution is 2.25. The van der Waals surface area contributed by atoms with Crippen LogP contribution in [0.4, 0.5) is 17.6 Å². The predicted molar refractivity (Wildman–Crippen MR) is 57.1 cm³/mol. The number of hydrogen-bond donors (Lipinski definition) is 0. The van der Waals surface area contributed by atoms with Crippen molar-refractivity contribution in [1.82, 2.24) is 4.90 Å². The highest BCUT2D eigenvalue weighted by atomic mass is 19.4. The number of halogens is 4. The zero-order valence-corrected chi connectivity index (χ0v) is 9.37. The lowest BCUT2D eigenvalue weighted by atomic mass is 10.1. The van der Waals surface area contributed by atoms with Crippen molar-refractivity contribution >= 4 is 11.8 Å². The number of benzene rings is 1. The van der Waals surface area contributed by atoms with Crippen molar-refractivity contribution in [3.05, 3.63) is 47.3 Å². The van der Waals surface area contributed by atoms with Crippen LogP contribution in [0.2, 0.25) is 0 Å². The topological polar surface area (TPSA) is 37.4 Å². The second-order valence-corrected chi connectivity index (χ2v) is 3.87. The summed E-state index contributed by atoms with van der Waals surface area (Å²) in [5.74, 6) is -3.19. The number of allylic oxidation sites excluding steroid dienone is 1. The maximum absolute atomic E-state index is 13.1. The molecule has 3 nitrogen and oxygen atoms in total. The van der Waals surface area contributed by atoms with E-state index in [9.17, 15) is 27.2 Å². The number of nitrogens with zero attached hydrogens (tertiary/aromatic N) is 1. The van der Waals surface area contributed by atoms with Crippen molar-refractivity contribution in [1.29, 1.82) is 0 Å². The number of carbonyl (C=O) groups excluding carboxylic acids is 2. The summed E-state index contributed by atoms with van der Waals surface area (Å²) in [5, 5.41) is 0. The van der Waals surface area contributed by atoms with E-state index >= 15 is 0 Å². The van der Waals surface area contributed by atoms with Crippen molar-refractivity contribution < 1.29 is 27.2 Å². The molecule has 0 fully saturated rings. The van der Waals surface area contributed by atoms with Crippen LogP contribution in [0.5, 0.6) is 0 Å². The number of imide groups is 1. The van der Waals surface area contributed by atoms with Crippen molar-refractivity contribution in [2.75, 3.05) is 6.54 Å². The maximum Gasteiger partial charge on any atom is 0.412 e. The Morgan fingerprint density at radius 3 is 2.00 bits per heavy atom. The molecule has 0 unspecified atom stereocenters. The van der Waals surface area contributed by atoms with Gasteiger partial charge in [-0.3, -0.25) is 14.5 Å². The van der Waals surface area contributed by atoms with E-state index in [0.717, 1.165) is 0 Å². The average Bonchev–Trinajstić information content (AvgIpc) is 2.53. The molecule has 0 atom stereocenters. The van der Waals surface area contributed by atoms with E-state index in [-0.39, 0.29) is 11.1 Å². The van der Waals surface area contributed by atoms with Crippen LogP contribution in [0.25, 0.3) is 0 Å². The van der Waals surface area contributed by atoms with Gasteiger partial charge in [-0.2, -0.15) is 13.2 Å². The fourth-order valence-corrected chi connectivity index (χ4v) is 1.76. The minimum Gasteiger partial charge on any atom is -0.269 e. The molecule has 2 amide bonds. The number of amides is 2. The van der Waals surface area contributed by atoms with E-state index < -0.39 is 36.4 Å². The van der Waals surface area contributed by atoms with Gasteiger partial charge in [0.2, 0.25) is 0 Å². The van der Waals surface area contributed by atoms with Gasteiger partial charge in [0, 0.05) is 0 Å². The van der Waals surface area contributed by atoms with E-state index in [0.29, 0.717) is 4.90 Å². The van der Waals surface area contributed by atoms with Crippen LogP contribution < -0.4 is 0 Å². The standard InChI is InChI=1S/C12H7F4NO2/c13-7(5-12(14,15)16)6-17-10(18)8-3-1-2-4-9(8)11(17)19/h1-5H,6H2/b7-5-. The molecule has 0 aromatic heterocycles. The minimum atomic E-state index is -4.83. The summed E-state index contributed by atoms with van der Waals surface area (Å²) >= 11 is 0. The number of fused-ring (bicyclic) bond motifs is 1. The molecule has 0 bridgehead atoms. The molecule has 2 rings (SSSR count). The Morgan fingerprint density at radius 2 is 1.58 bits per heavy atom. The number of carbonyl (C=O) groups is 2. The maximum atomic E-state index is 13.1. The van der Waals surface area contributed by atoms with E-state index in [1.165, 1.54) is 24.3 Å². The van der Waals surface area contributed by atoms with Gasteiger partial charge < -0.3 is 0 Å². The molecule has 1 aliphatic heterocycles. The van der Waals surface area contributed by atoms with Gasteiger partial charge in [0.15, 0.2) is 0 Å². The molecule has 0 radical (unpaired) electrons. The van der Waals surface area contributed by atoms with Crippen molar-refractivity contribution in [3.8, 4) is 0 Å². The second kappa shape index (κ2) is 4.49. The quantitative estimate of drug-likeness (QED) is 0.613. The van der Waals surface area contributed by atoms with Gasteiger partial charge in [0.1, 0.15) is 5.83 Å². The Morgan fingerprint density at radius 1 is 1.11 bits per heavy atom. The Kier molecular flexibility index (Phi) is 3.13. The number of hydrogen-bond acceptors (Lipinski definition) is 2. The smallest absolute Gasteiger partial charge is 0.269 e. The molecule has 1 aromatic carbocycles. The van der Waals surface area contributed by atoms with Crippen LogP contribution in [-0.4, -0.2) is 29.4 Å². The fraction of sp³-hybridized carbons (Fsp3) is 0.167. The summed E-state index contributed by atoms with van der Waals surface area (Å²) in [6.07, 6.45) is -5.40. The third-order valence-corrected chi connectivity index (χ3v) is 2.51. The van der Waals surface area contributed by atoms with Gasteiger partial charge in [0.05, 0.1) is 23.7 Å². The third kappa shape index (κ3) is 2.64. The van der Waals surface area contributed by atoms with Crippen LogP contribution in [0.15, 0.2) is 36.2 Å². The van der Waals surface area contributed by atoms with Crippen LogP contribution >= 0.6 is 0 Å². The zero-order chi connectivity index (χ0) is 14.2. The zero-order valence-electron chi connectivity index (χ0n) is 9.37. The molecule has 1 heterocycles. The normalized spacial score (nSPS) is 16.0. The van der Waals surface area contributed by atoms with Crippen LogP contribution in [0, 0.1) is 0 Å². The Bertz CT molecular complexity index is 542. The summed E-state index contributed by atoms with van der Waals surface area (Å²) in [4.78, 5) is 23.9. The van der Waals surface area contributed by atoms with Crippen molar-refractivity contribution in [3.63, 3.8) is 0 Å². The molecular formula is C12H7F4NO2. The second-order valence-electron chi connectivity index (χ2n) is 3.87. The Hall–Kier alpha value is -2.18. The first-order valence-electron chi connectivity index (χ1n) is 5.19. The molecule has 0 N–H and O–H groups in total. The molecule has 0 saturated carbocycles. The molecule has 1 aliphatic rings. The fourth-order valence-electron chi connectivity index (χ4n) is 1.76. The number of rotatable bonds is 2. The van der Waals surface area contributed by atoms with E-state index in [1.807, 2.05) is 0 Å². The van der Waals surface area contributed by atoms with Crippen LogP contribution in [0.1, 0.15) is 20.7 Å². The van der Waals surface area contributed by atoms with E-state index in [2.05, 4.69) is 0 Å². The summed E-state index contributed by atoms with van der Waals surface area (Å²) in [5.41, 5.74) is 0.125. The monoisotopic (exact) mass is 273 g/mol.